The molecule has 104 valence electrons. The van der Waals surface area contributed by atoms with Gasteiger partial charge in [0.15, 0.2) is 0 Å². The van der Waals surface area contributed by atoms with Gasteiger partial charge in [0.25, 0.3) is 0 Å². The summed E-state index contributed by atoms with van der Waals surface area (Å²) in [6, 6.07) is 0.396. The van der Waals surface area contributed by atoms with Gasteiger partial charge in [0.05, 0.1) is 0 Å². The number of hydrogen-bond donors (Lipinski definition) is 1. The molecule has 0 aromatic rings. The predicted molar refractivity (Wildman–Crippen MR) is 79.3 cm³/mol. The van der Waals surface area contributed by atoms with Crippen LogP contribution in [0.15, 0.2) is 0 Å². The summed E-state index contributed by atoms with van der Waals surface area (Å²) in [5, 5.41) is 0. The Kier molecular flexibility index (Phi) is 9.91. The van der Waals surface area contributed by atoms with Crippen molar-refractivity contribution in [3.63, 3.8) is 0 Å². The lowest BCUT2D eigenvalue weighted by atomic mass is 9.89. The summed E-state index contributed by atoms with van der Waals surface area (Å²) in [4.78, 5) is 0. The summed E-state index contributed by atoms with van der Waals surface area (Å²) in [6.45, 7) is 9.12. The van der Waals surface area contributed by atoms with Crippen LogP contribution in [0.4, 0.5) is 0 Å². The Balaban J connectivity index is 3.04. The first-order chi connectivity index (χ1) is 7.92. The monoisotopic (exact) mass is 241 g/mol. The molecule has 0 aliphatic heterocycles. The van der Waals surface area contributed by atoms with Gasteiger partial charge in [-0.3, -0.25) is 0 Å². The van der Waals surface area contributed by atoms with Gasteiger partial charge in [0.2, 0.25) is 0 Å². The lowest BCUT2D eigenvalue weighted by molar-refractivity contribution is 0.356. The molecule has 0 heterocycles. The summed E-state index contributed by atoms with van der Waals surface area (Å²) in [7, 11) is 0. The van der Waals surface area contributed by atoms with Gasteiger partial charge in [-0.15, -0.1) is 0 Å². The largest absolute Gasteiger partial charge is 0.328 e. The third-order valence-corrected chi connectivity index (χ3v) is 3.34. The quantitative estimate of drug-likeness (QED) is 0.517. The molecule has 2 N–H and O–H groups in total. The van der Waals surface area contributed by atoms with Crippen molar-refractivity contribution in [1.29, 1.82) is 0 Å². The van der Waals surface area contributed by atoms with Crippen molar-refractivity contribution in [3.8, 4) is 0 Å². The van der Waals surface area contributed by atoms with Gasteiger partial charge in [0.1, 0.15) is 0 Å². The lowest BCUT2D eigenvalue weighted by Crippen LogP contribution is -2.13. The molecule has 0 aliphatic carbocycles. The minimum Gasteiger partial charge on any atom is -0.328 e. The summed E-state index contributed by atoms with van der Waals surface area (Å²) >= 11 is 0. The van der Waals surface area contributed by atoms with Gasteiger partial charge >= 0.3 is 0 Å². The van der Waals surface area contributed by atoms with Gasteiger partial charge in [-0.25, -0.2) is 0 Å². The second-order valence-electron chi connectivity index (χ2n) is 6.91. The summed E-state index contributed by atoms with van der Waals surface area (Å²) in [5.74, 6) is 0. The average Bonchev–Trinajstić information content (AvgIpc) is 2.18. The molecular formula is C16H35N. The molecule has 0 bridgehead atoms. The zero-order chi connectivity index (χ0) is 13.1. The van der Waals surface area contributed by atoms with E-state index in [9.17, 15) is 0 Å². The van der Waals surface area contributed by atoms with Crippen molar-refractivity contribution in [3.05, 3.63) is 0 Å². The Bertz CT molecular complexity index is 155. The van der Waals surface area contributed by atoms with Gasteiger partial charge < -0.3 is 5.73 Å². The topological polar surface area (TPSA) is 26.0 Å². The Morgan fingerprint density at radius 2 is 1.18 bits per heavy atom. The van der Waals surface area contributed by atoms with E-state index in [1.54, 1.807) is 0 Å². The van der Waals surface area contributed by atoms with Crippen LogP contribution in [0, 0.1) is 5.41 Å². The second kappa shape index (κ2) is 9.94. The van der Waals surface area contributed by atoms with E-state index in [0.29, 0.717) is 11.5 Å². The van der Waals surface area contributed by atoms with Crippen molar-refractivity contribution in [2.75, 3.05) is 0 Å². The van der Waals surface area contributed by atoms with Crippen LogP contribution < -0.4 is 5.73 Å². The lowest BCUT2D eigenvalue weighted by Gasteiger charge is -2.17. The summed E-state index contributed by atoms with van der Waals surface area (Å²) in [5.41, 5.74) is 6.25. The van der Waals surface area contributed by atoms with E-state index in [4.69, 9.17) is 5.73 Å². The number of unbranched alkanes of at least 4 members (excludes halogenated alkanes) is 7. The second-order valence-corrected chi connectivity index (χ2v) is 6.91. The van der Waals surface area contributed by atoms with Crippen molar-refractivity contribution in [1.82, 2.24) is 0 Å². The summed E-state index contributed by atoms with van der Waals surface area (Å²) in [6.07, 6.45) is 13.8. The first-order valence-corrected chi connectivity index (χ1v) is 7.67. The highest BCUT2D eigenvalue weighted by atomic mass is 14.6. The van der Waals surface area contributed by atoms with Crippen molar-refractivity contribution in [2.45, 2.75) is 97.9 Å². The molecule has 0 aromatic heterocycles. The molecule has 0 saturated heterocycles. The molecular weight excluding hydrogens is 206 g/mol. The van der Waals surface area contributed by atoms with Crippen LogP contribution >= 0.6 is 0 Å². The highest BCUT2D eigenvalue weighted by molar-refractivity contribution is 4.61. The molecule has 0 rings (SSSR count). The minimum absolute atomic E-state index is 0.396. The Hall–Kier alpha value is -0.0400. The van der Waals surface area contributed by atoms with E-state index in [1.165, 1.54) is 64.2 Å². The summed E-state index contributed by atoms with van der Waals surface area (Å²) < 4.78 is 0. The van der Waals surface area contributed by atoms with Crippen LogP contribution in [-0.2, 0) is 0 Å². The van der Waals surface area contributed by atoms with Crippen LogP contribution in [0.2, 0.25) is 0 Å². The molecule has 0 fully saturated rings. The van der Waals surface area contributed by atoms with E-state index >= 15 is 0 Å². The fraction of sp³-hybridized carbons (Fsp3) is 1.00. The van der Waals surface area contributed by atoms with Crippen molar-refractivity contribution < 1.29 is 0 Å². The highest BCUT2D eigenvalue weighted by Crippen LogP contribution is 2.22. The van der Waals surface area contributed by atoms with Crippen LogP contribution in [0.1, 0.15) is 91.9 Å². The van der Waals surface area contributed by atoms with E-state index in [1.807, 2.05) is 0 Å². The Labute approximate surface area is 110 Å². The maximum atomic E-state index is 5.72. The SMILES string of the molecule is CC(N)CCCCCCCCCCC(C)(C)C. The van der Waals surface area contributed by atoms with Crippen molar-refractivity contribution >= 4 is 0 Å². The maximum absolute atomic E-state index is 5.72. The van der Waals surface area contributed by atoms with Gasteiger partial charge in [-0.1, -0.05) is 72.1 Å². The molecule has 0 saturated carbocycles. The molecule has 0 amide bonds. The first kappa shape index (κ1) is 17.0. The molecule has 0 aliphatic rings. The molecule has 1 atom stereocenters. The smallest absolute Gasteiger partial charge is 0.00104 e. The number of nitrogens with two attached hydrogens (primary N) is 1. The average molecular weight is 241 g/mol. The predicted octanol–water partition coefficient (Wildman–Crippen LogP) is 5.28. The van der Waals surface area contributed by atoms with E-state index in [-0.39, 0.29) is 0 Å². The molecule has 0 spiro atoms. The van der Waals surface area contributed by atoms with Crippen LogP contribution in [0.5, 0.6) is 0 Å². The number of hydrogen-bond acceptors (Lipinski definition) is 1. The van der Waals surface area contributed by atoms with Crippen molar-refractivity contribution in [2.24, 2.45) is 11.1 Å². The standard InChI is InChI=1S/C16H35N/c1-15(17)13-11-9-7-5-6-8-10-12-14-16(2,3)4/h15H,5-14,17H2,1-4H3. The zero-order valence-electron chi connectivity index (χ0n) is 12.7. The molecule has 17 heavy (non-hydrogen) atoms. The highest BCUT2D eigenvalue weighted by Gasteiger charge is 2.08. The Morgan fingerprint density at radius 3 is 1.59 bits per heavy atom. The molecule has 1 nitrogen and oxygen atoms in total. The third-order valence-electron chi connectivity index (χ3n) is 3.34. The fourth-order valence-corrected chi connectivity index (χ4v) is 2.18. The molecule has 0 aromatic carbocycles. The van der Waals surface area contributed by atoms with E-state index in [0.717, 1.165) is 0 Å². The zero-order valence-corrected chi connectivity index (χ0v) is 12.7. The third kappa shape index (κ3) is 16.0. The van der Waals surface area contributed by atoms with Crippen LogP contribution in [0.3, 0.4) is 0 Å². The van der Waals surface area contributed by atoms with Crippen LogP contribution in [-0.4, -0.2) is 6.04 Å². The molecule has 1 heteroatoms. The first-order valence-electron chi connectivity index (χ1n) is 7.67. The maximum Gasteiger partial charge on any atom is 0.00104 e. The van der Waals surface area contributed by atoms with Crippen LogP contribution in [0.25, 0.3) is 0 Å². The van der Waals surface area contributed by atoms with Gasteiger partial charge in [-0.2, -0.15) is 0 Å². The number of rotatable bonds is 10. The van der Waals surface area contributed by atoms with E-state index in [2.05, 4.69) is 27.7 Å². The van der Waals surface area contributed by atoms with E-state index < -0.39 is 0 Å². The minimum atomic E-state index is 0.396. The Morgan fingerprint density at radius 1 is 0.765 bits per heavy atom. The fourth-order valence-electron chi connectivity index (χ4n) is 2.18. The normalized spacial score (nSPS) is 13.9. The van der Waals surface area contributed by atoms with Gasteiger partial charge in [0, 0.05) is 6.04 Å². The molecule has 0 radical (unpaired) electrons. The molecule has 1 unspecified atom stereocenters. The van der Waals surface area contributed by atoms with Gasteiger partial charge in [-0.05, 0) is 25.2 Å².